The summed E-state index contributed by atoms with van der Waals surface area (Å²) in [7, 11) is 1.55. The average molecular weight is 229 g/mol. The molecule has 0 aliphatic carbocycles. The highest BCUT2D eigenvalue weighted by molar-refractivity contribution is 5.92. The van der Waals surface area contributed by atoms with E-state index in [2.05, 4.69) is 15.0 Å². The molecule has 1 aromatic carbocycles. The summed E-state index contributed by atoms with van der Waals surface area (Å²) >= 11 is 0. The van der Waals surface area contributed by atoms with Crippen molar-refractivity contribution in [3.63, 3.8) is 0 Å². The van der Waals surface area contributed by atoms with Gasteiger partial charge in [-0.3, -0.25) is 4.99 Å². The summed E-state index contributed by atoms with van der Waals surface area (Å²) in [5.41, 5.74) is 6.72. The number of hydrogen-bond donors (Lipinski definition) is 2. The predicted molar refractivity (Wildman–Crippen MR) is 59.0 cm³/mol. The van der Waals surface area contributed by atoms with E-state index in [1.807, 2.05) is 0 Å². The number of rotatable bonds is 3. The number of hydrogen-bond acceptors (Lipinski definition) is 2. The molecule has 0 unspecified atom stereocenters. The lowest BCUT2D eigenvalue weighted by Gasteiger charge is -2.10. The number of anilines is 1. The quantitative estimate of drug-likeness (QED) is 0.615. The molecule has 0 radical (unpaired) electrons. The summed E-state index contributed by atoms with van der Waals surface area (Å²) in [4.78, 5) is 3.72. The van der Waals surface area contributed by atoms with E-state index in [-0.39, 0.29) is 11.7 Å². The molecule has 88 valence electrons. The van der Waals surface area contributed by atoms with Gasteiger partial charge < -0.3 is 15.8 Å². The van der Waals surface area contributed by atoms with Gasteiger partial charge in [0.2, 0.25) is 0 Å². The fraction of sp³-hybridized carbons (Fsp3) is 0.300. The average Bonchev–Trinajstić information content (AvgIpc) is 2.21. The molecule has 1 rings (SSSR count). The van der Waals surface area contributed by atoms with Crippen molar-refractivity contribution in [3.05, 3.63) is 23.8 Å². The predicted octanol–water partition coefficient (Wildman–Crippen LogP) is 1.95. The van der Waals surface area contributed by atoms with Crippen LogP contribution in [0.2, 0.25) is 0 Å². The lowest BCUT2D eigenvalue weighted by molar-refractivity contribution is -0.0502. The maximum Gasteiger partial charge on any atom is 0.387 e. The van der Waals surface area contributed by atoms with E-state index in [4.69, 9.17) is 5.73 Å². The molecule has 6 heteroatoms. The molecule has 0 aliphatic heterocycles. The van der Waals surface area contributed by atoms with Crippen molar-refractivity contribution < 1.29 is 13.5 Å². The first-order valence-electron chi connectivity index (χ1n) is 4.57. The molecule has 4 nitrogen and oxygen atoms in total. The Morgan fingerprint density at radius 2 is 2.19 bits per heavy atom. The first kappa shape index (κ1) is 12.2. The second-order valence-corrected chi connectivity index (χ2v) is 3.09. The molecule has 16 heavy (non-hydrogen) atoms. The minimum atomic E-state index is -2.82. The molecule has 0 saturated heterocycles. The van der Waals surface area contributed by atoms with Crippen molar-refractivity contribution in [3.8, 4) is 5.75 Å². The van der Waals surface area contributed by atoms with E-state index in [0.717, 1.165) is 0 Å². The van der Waals surface area contributed by atoms with Crippen LogP contribution in [0, 0.1) is 6.92 Å². The zero-order valence-electron chi connectivity index (χ0n) is 9.00. The Balaban J connectivity index is 2.82. The van der Waals surface area contributed by atoms with Gasteiger partial charge in [-0.1, -0.05) is 0 Å². The Morgan fingerprint density at radius 3 is 2.69 bits per heavy atom. The molecule has 1 aromatic rings. The maximum atomic E-state index is 12.0. The first-order valence-corrected chi connectivity index (χ1v) is 4.57. The highest BCUT2D eigenvalue weighted by atomic mass is 19.3. The molecule has 0 spiro atoms. The van der Waals surface area contributed by atoms with Crippen molar-refractivity contribution in [1.29, 1.82) is 0 Å². The van der Waals surface area contributed by atoms with Gasteiger partial charge in [-0.25, -0.2) is 0 Å². The van der Waals surface area contributed by atoms with E-state index in [1.165, 1.54) is 6.07 Å². The van der Waals surface area contributed by atoms with E-state index in [9.17, 15) is 8.78 Å². The van der Waals surface area contributed by atoms with Gasteiger partial charge in [0.1, 0.15) is 5.75 Å². The molecule has 0 heterocycles. The summed E-state index contributed by atoms with van der Waals surface area (Å²) in [6, 6.07) is 4.69. The highest BCUT2D eigenvalue weighted by Gasteiger charge is 2.07. The molecule has 0 aliphatic rings. The molecule has 0 amide bonds. The molecular weight excluding hydrogens is 216 g/mol. The summed E-state index contributed by atoms with van der Waals surface area (Å²) in [6.07, 6.45) is 0. The number of nitrogens with zero attached hydrogens (tertiary/aromatic N) is 1. The minimum absolute atomic E-state index is 0.146. The number of ether oxygens (including phenoxy) is 1. The highest BCUT2D eigenvalue weighted by Crippen LogP contribution is 2.23. The number of halogens is 2. The van der Waals surface area contributed by atoms with Crippen molar-refractivity contribution in [2.45, 2.75) is 13.5 Å². The van der Waals surface area contributed by atoms with Gasteiger partial charge in [-0.2, -0.15) is 8.78 Å². The molecule has 0 saturated carbocycles. The second kappa shape index (κ2) is 5.29. The monoisotopic (exact) mass is 229 g/mol. The Labute approximate surface area is 92.1 Å². The van der Waals surface area contributed by atoms with E-state index in [1.54, 1.807) is 26.1 Å². The first-order chi connectivity index (χ1) is 7.52. The van der Waals surface area contributed by atoms with E-state index >= 15 is 0 Å². The number of aryl methyl sites for hydroxylation is 1. The minimum Gasteiger partial charge on any atom is -0.435 e. The smallest absolute Gasteiger partial charge is 0.387 e. The number of guanidine groups is 1. The van der Waals surface area contributed by atoms with Crippen LogP contribution in [0.3, 0.4) is 0 Å². The third kappa shape index (κ3) is 3.38. The standard InChI is InChI=1S/C10H13F2N3O/c1-6-5-7(15-10(13)14-2)3-4-8(6)16-9(11)12/h3-5,9H,1-2H3,(H3,13,14,15). The normalized spacial score (nSPS) is 11.7. The van der Waals surface area contributed by atoms with Gasteiger partial charge in [0.25, 0.3) is 0 Å². The molecule has 0 fully saturated rings. The molecule has 0 bridgehead atoms. The number of nitrogens with one attached hydrogen (secondary N) is 1. The largest absolute Gasteiger partial charge is 0.435 e. The molecular formula is C10H13F2N3O. The Hall–Kier alpha value is -1.85. The molecule has 0 atom stereocenters. The number of alkyl halides is 2. The van der Waals surface area contributed by atoms with Crippen LogP contribution >= 0.6 is 0 Å². The number of nitrogens with two attached hydrogens (primary N) is 1. The summed E-state index contributed by atoms with van der Waals surface area (Å²) in [5.74, 6) is 0.398. The Bertz CT molecular complexity index is 394. The zero-order chi connectivity index (χ0) is 12.1. The van der Waals surface area contributed by atoms with Crippen LogP contribution in [-0.2, 0) is 0 Å². The number of aliphatic imine (C=N–C) groups is 1. The Morgan fingerprint density at radius 1 is 1.50 bits per heavy atom. The summed E-state index contributed by atoms with van der Waals surface area (Å²) in [5, 5.41) is 2.80. The fourth-order valence-electron chi connectivity index (χ4n) is 1.16. The van der Waals surface area contributed by atoms with Crippen LogP contribution in [0.4, 0.5) is 14.5 Å². The zero-order valence-corrected chi connectivity index (χ0v) is 9.00. The van der Waals surface area contributed by atoms with Gasteiger partial charge in [0.05, 0.1) is 0 Å². The van der Waals surface area contributed by atoms with Crippen LogP contribution in [0.15, 0.2) is 23.2 Å². The van der Waals surface area contributed by atoms with Crippen LogP contribution in [-0.4, -0.2) is 19.6 Å². The third-order valence-corrected chi connectivity index (χ3v) is 1.90. The maximum absolute atomic E-state index is 12.0. The van der Waals surface area contributed by atoms with E-state index in [0.29, 0.717) is 11.3 Å². The molecule has 0 aromatic heterocycles. The number of benzene rings is 1. The Kier molecular flexibility index (Phi) is 4.04. The summed E-state index contributed by atoms with van der Waals surface area (Å²) in [6.45, 7) is -1.15. The van der Waals surface area contributed by atoms with Gasteiger partial charge >= 0.3 is 6.61 Å². The van der Waals surface area contributed by atoms with Gasteiger partial charge in [0.15, 0.2) is 5.96 Å². The van der Waals surface area contributed by atoms with Gasteiger partial charge in [-0.15, -0.1) is 0 Å². The van der Waals surface area contributed by atoms with Crippen molar-refractivity contribution in [2.24, 2.45) is 10.7 Å². The van der Waals surface area contributed by atoms with Crippen LogP contribution < -0.4 is 15.8 Å². The van der Waals surface area contributed by atoms with Crippen LogP contribution in [0.25, 0.3) is 0 Å². The fourth-order valence-corrected chi connectivity index (χ4v) is 1.16. The molecule has 3 N–H and O–H groups in total. The topological polar surface area (TPSA) is 59.6 Å². The van der Waals surface area contributed by atoms with Gasteiger partial charge in [-0.05, 0) is 30.7 Å². The second-order valence-electron chi connectivity index (χ2n) is 3.09. The lowest BCUT2D eigenvalue weighted by atomic mass is 10.2. The van der Waals surface area contributed by atoms with Crippen LogP contribution in [0.5, 0.6) is 5.75 Å². The van der Waals surface area contributed by atoms with Crippen LogP contribution in [0.1, 0.15) is 5.56 Å². The lowest BCUT2D eigenvalue weighted by Crippen LogP contribution is -2.22. The third-order valence-electron chi connectivity index (χ3n) is 1.90. The van der Waals surface area contributed by atoms with Crippen molar-refractivity contribution in [1.82, 2.24) is 0 Å². The van der Waals surface area contributed by atoms with Crippen molar-refractivity contribution in [2.75, 3.05) is 12.4 Å². The van der Waals surface area contributed by atoms with E-state index < -0.39 is 6.61 Å². The SMILES string of the molecule is CN=C(N)Nc1ccc(OC(F)F)c(C)c1. The summed E-state index contributed by atoms with van der Waals surface area (Å²) < 4.78 is 28.3. The van der Waals surface area contributed by atoms with Gasteiger partial charge in [0, 0.05) is 12.7 Å². The van der Waals surface area contributed by atoms with Crippen molar-refractivity contribution >= 4 is 11.6 Å².